The van der Waals surface area contributed by atoms with Crippen molar-refractivity contribution < 1.29 is 19.1 Å². The molecule has 6 heteroatoms. The first-order valence-electron chi connectivity index (χ1n) is 7.60. The van der Waals surface area contributed by atoms with Crippen LogP contribution < -0.4 is 10.2 Å². The molecule has 0 spiro atoms. The highest BCUT2D eigenvalue weighted by Gasteiger charge is 2.16. The topological polar surface area (TPSA) is 56.8 Å². The Hall–Kier alpha value is -1.63. The van der Waals surface area contributed by atoms with Crippen LogP contribution in [0.25, 0.3) is 10.8 Å². The molecule has 1 fully saturated rings. The number of benzene rings is 2. The highest BCUT2D eigenvalue weighted by molar-refractivity contribution is 9.10. The number of hydrogen-bond acceptors (Lipinski definition) is 4. The van der Waals surface area contributed by atoms with Crippen molar-refractivity contribution in [3.8, 4) is 5.75 Å². The van der Waals surface area contributed by atoms with Crippen molar-refractivity contribution in [3.05, 3.63) is 40.9 Å². The van der Waals surface area contributed by atoms with Crippen LogP contribution in [0.15, 0.2) is 40.9 Å². The van der Waals surface area contributed by atoms with E-state index in [1.54, 1.807) is 0 Å². The SMILES string of the molecule is O=C(COc1ccc2ccccc2c1Br)NOC1CCCCO1. The van der Waals surface area contributed by atoms with E-state index >= 15 is 0 Å². The molecule has 23 heavy (non-hydrogen) atoms. The quantitative estimate of drug-likeness (QED) is 0.806. The van der Waals surface area contributed by atoms with Gasteiger partial charge in [0.25, 0.3) is 5.91 Å². The maximum absolute atomic E-state index is 11.8. The van der Waals surface area contributed by atoms with Gasteiger partial charge >= 0.3 is 0 Å². The van der Waals surface area contributed by atoms with Gasteiger partial charge in [0.15, 0.2) is 12.9 Å². The van der Waals surface area contributed by atoms with Gasteiger partial charge in [0.05, 0.1) is 4.47 Å². The summed E-state index contributed by atoms with van der Waals surface area (Å²) >= 11 is 3.53. The van der Waals surface area contributed by atoms with Crippen LogP contribution in [0.5, 0.6) is 5.75 Å². The third-order valence-corrected chi connectivity index (χ3v) is 4.45. The van der Waals surface area contributed by atoms with Gasteiger partial charge in [-0.25, -0.2) is 10.3 Å². The largest absolute Gasteiger partial charge is 0.482 e. The fourth-order valence-electron chi connectivity index (χ4n) is 2.43. The highest BCUT2D eigenvalue weighted by Crippen LogP contribution is 2.32. The van der Waals surface area contributed by atoms with Gasteiger partial charge in [-0.3, -0.25) is 4.79 Å². The predicted molar refractivity (Wildman–Crippen MR) is 90.0 cm³/mol. The Morgan fingerprint density at radius 1 is 1.26 bits per heavy atom. The van der Waals surface area contributed by atoms with Gasteiger partial charge in [-0.15, -0.1) is 0 Å². The first-order chi connectivity index (χ1) is 11.2. The number of rotatable bonds is 5. The minimum Gasteiger partial charge on any atom is -0.482 e. The molecule has 1 aliphatic heterocycles. The van der Waals surface area contributed by atoms with Crippen molar-refractivity contribution in [1.82, 2.24) is 5.48 Å². The Bertz CT molecular complexity index is 685. The monoisotopic (exact) mass is 379 g/mol. The molecular formula is C17H18BrNO4. The zero-order valence-electron chi connectivity index (χ0n) is 12.6. The molecule has 1 saturated heterocycles. The maximum Gasteiger partial charge on any atom is 0.281 e. The van der Waals surface area contributed by atoms with E-state index in [9.17, 15) is 4.79 Å². The molecule has 1 heterocycles. The van der Waals surface area contributed by atoms with Crippen molar-refractivity contribution >= 4 is 32.6 Å². The summed E-state index contributed by atoms with van der Waals surface area (Å²) in [6.07, 6.45) is 2.51. The number of amides is 1. The van der Waals surface area contributed by atoms with Gasteiger partial charge in [-0.1, -0.05) is 30.3 Å². The molecule has 1 N–H and O–H groups in total. The molecule has 0 aromatic heterocycles. The number of hydrogen-bond donors (Lipinski definition) is 1. The second kappa shape index (κ2) is 7.77. The molecular weight excluding hydrogens is 362 g/mol. The van der Waals surface area contributed by atoms with Crippen LogP contribution in [0.4, 0.5) is 0 Å². The summed E-state index contributed by atoms with van der Waals surface area (Å²) < 4.78 is 11.8. The standard InChI is InChI=1S/C17H18BrNO4/c18-17-13-6-2-1-5-12(13)8-9-14(17)22-11-15(20)19-23-16-7-3-4-10-21-16/h1-2,5-6,8-9,16H,3-4,7,10-11H2,(H,19,20). The molecule has 1 unspecified atom stereocenters. The van der Waals surface area contributed by atoms with E-state index in [1.807, 2.05) is 36.4 Å². The lowest BCUT2D eigenvalue weighted by molar-refractivity contribution is -0.201. The van der Waals surface area contributed by atoms with E-state index in [4.69, 9.17) is 14.3 Å². The summed E-state index contributed by atoms with van der Waals surface area (Å²) in [7, 11) is 0. The van der Waals surface area contributed by atoms with Gasteiger partial charge in [-0.05, 0) is 45.6 Å². The Morgan fingerprint density at radius 3 is 2.96 bits per heavy atom. The Labute approximate surface area is 143 Å². The van der Waals surface area contributed by atoms with E-state index in [0.29, 0.717) is 12.4 Å². The lowest BCUT2D eigenvalue weighted by Crippen LogP contribution is -2.35. The average Bonchev–Trinajstić information content (AvgIpc) is 2.60. The molecule has 0 saturated carbocycles. The van der Waals surface area contributed by atoms with Crippen LogP contribution in [-0.4, -0.2) is 25.4 Å². The van der Waals surface area contributed by atoms with Crippen molar-refractivity contribution in [3.63, 3.8) is 0 Å². The van der Waals surface area contributed by atoms with Gasteiger partial charge in [0.1, 0.15) is 5.75 Å². The second-order valence-electron chi connectivity index (χ2n) is 5.33. The summed E-state index contributed by atoms with van der Waals surface area (Å²) in [5.74, 6) is 0.270. The molecule has 1 aliphatic rings. The average molecular weight is 380 g/mol. The molecule has 5 nitrogen and oxygen atoms in total. The number of carbonyl (C=O) groups is 1. The Balaban J connectivity index is 1.53. The molecule has 0 radical (unpaired) electrons. The third-order valence-electron chi connectivity index (χ3n) is 3.63. The van der Waals surface area contributed by atoms with E-state index in [-0.39, 0.29) is 18.8 Å². The molecule has 1 atom stereocenters. The van der Waals surface area contributed by atoms with Crippen molar-refractivity contribution in [1.29, 1.82) is 0 Å². The number of fused-ring (bicyclic) bond motifs is 1. The van der Waals surface area contributed by atoms with Gasteiger partial charge in [-0.2, -0.15) is 0 Å². The summed E-state index contributed by atoms with van der Waals surface area (Å²) in [4.78, 5) is 17.0. The second-order valence-corrected chi connectivity index (χ2v) is 6.12. The first kappa shape index (κ1) is 16.2. The zero-order valence-corrected chi connectivity index (χ0v) is 14.2. The van der Waals surface area contributed by atoms with Crippen molar-refractivity contribution in [2.24, 2.45) is 0 Å². The first-order valence-corrected chi connectivity index (χ1v) is 8.39. The highest BCUT2D eigenvalue weighted by atomic mass is 79.9. The minimum absolute atomic E-state index is 0.121. The number of hydroxylamine groups is 1. The van der Waals surface area contributed by atoms with Crippen LogP contribution in [-0.2, 0) is 14.4 Å². The number of carbonyl (C=O) groups excluding carboxylic acids is 1. The van der Waals surface area contributed by atoms with Crippen molar-refractivity contribution in [2.75, 3.05) is 13.2 Å². The lowest BCUT2D eigenvalue weighted by Gasteiger charge is -2.22. The fourth-order valence-corrected chi connectivity index (χ4v) is 3.04. The van der Waals surface area contributed by atoms with Crippen LogP contribution in [0.2, 0.25) is 0 Å². The molecule has 2 aromatic carbocycles. The zero-order chi connectivity index (χ0) is 16.1. The normalized spacial score (nSPS) is 17.9. The third kappa shape index (κ3) is 4.22. The Morgan fingerprint density at radius 2 is 2.13 bits per heavy atom. The van der Waals surface area contributed by atoms with Crippen LogP contribution in [0, 0.1) is 0 Å². The lowest BCUT2D eigenvalue weighted by atomic mass is 10.1. The molecule has 1 amide bonds. The van der Waals surface area contributed by atoms with Gasteiger partial charge in [0, 0.05) is 13.0 Å². The summed E-state index contributed by atoms with van der Waals surface area (Å²) in [6, 6.07) is 11.8. The number of ether oxygens (including phenoxy) is 2. The summed E-state index contributed by atoms with van der Waals surface area (Å²) in [5, 5.41) is 2.14. The summed E-state index contributed by atoms with van der Waals surface area (Å²) in [6.45, 7) is 0.546. The van der Waals surface area contributed by atoms with E-state index in [0.717, 1.165) is 34.5 Å². The predicted octanol–water partition coefficient (Wildman–Crippen LogP) is 3.56. The van der Waals surface area contributed by atoms with Crippen LogP contribution >= 0.6 is 15.9 Å². The number of halogens is 1. The van der Waals surface area contributed by atoms with E-state index in [1.165, 1.54) is 0 Å². The number of nitrogens with one attached hydrogen (secondary N) is 1. The summed E-state index contributed by atoms with van der Waals surface area (Å²) in [5.41, 5.74) is 2.38. The van der Waals surface area contributed by atoms with Gasteiger partial charge < -0.3 is 9.47 Å². The van der Waals surface area contributed by atoms with Gasteiger partial charge in [0.2, 0.25) is 0 Å². The van der Waals surface area contributed by atoms with Crippen LogP contribution in [0.1, 0.15) is 19.3 Å². The molecule has 122 valence electrons. The Kier molecular flexibility index (Phi) is 5.48. The minimum atomic E-state index is -0.361. The molecule has 0 bridgehead atoms. The smallest absolute Gasteiger partial charge is 0.281 e. The molecule has 0 aliphatic carbocycles. The molecule has 3 rings (SSSR count). The van der Waals surface area contributed by atoms with E-state index in [2.05, 4.69) is 21.4 Å². The van der Waals surface area contributed by atoms with Crippen molar-refractivity contribution in [2.45, 2.75) is 25.6 Å². The molecule has 2 aromatic rings. The maximum atomic E-state index is 11.8. The van der Waals surface area contributed by atoms with E-state index < -0.39 is 0 Å². The van der Waals surface area contributed by atoms with Crippen LogP contribution in [0.3, 0.4) is 0 Å². The fraction of sp³-hybridized carbons (Fsp3) is 0.353.